The number of methoxy groups -OCH3 is 1. The first-order valence-corrected chi connectivity index (χ1v) is 7.35. The molecule has 126 valence electrons. The molecule has 0 radical (unpaired) electrons. The molecular weight excluding hydrogens is 311 g/mol. The maximum Gasteiger partial charge on any atom is 0.420 e. The lowest BCUT2D eigenvalue weighted by Gasteiger charge is -2.38. The standard InChI is InChI=1S/C15H18F3N3O2/c1-23-10-2-3-11(13(22)8-10)12-9-14(15(16,17)18)20-5-7-21(14)6-4-19-12/h2-3,8,20,22H,4-7,9H2,1H3. The van der Waals surface area contributed by atoms with Gasteiger partial charge in [-0.25, -0.2) is 0 Å². The normalized spacial score (nSPS) is 25.7. The number of aromatic hydroxyl groups is 1. The van der Waals surface area contributed by atoms with Gasteiger partial charge in [-0.05, 0) is 12.1 Å². The van der Waals surface area contributed by atoms with Crippen LogP contribution in [-0.2, 0) is 0 Å². The SMILES string of the molecule is COc1ccc(C2=NCCN3CCNC3(C(F)(F)F)C2)c(O)c1. The van der Waals surface area contributed by atoms with Crippen LogP contribution in [-0.4, -0.2) is 60.8 Å². The van der Waals surface area contributed by atoms with Gasteiger partial charge in [0.25, 0.3) is 0 Å². The molecule has 1 unspecified atom stereocenters. The molecule has 3 rings (SSSR count). The van der Waals surface area contributed by atoms with E-state index in [0.29, 0.717) is 17.9 Å². The maximum atomic E-state index is 13.7. The molecule has 0 bridgehead atoms. The predicted octanol–water partition coefficient (Wildman–Crippen LogP) is 1.76. The lowest BCUT2D eigenvalue weighted by molar-refractivity contribution is -0.227. The third-order valence-electron chi connectivity index (χ3n) is 4.42. The second-order valence-electron chi connectivity index (χ2n) is 5.66. The van der Waals surface area contributed by atoms with Crippen LogP contribution in [0, 0.1) is 0 Å². The minimum atomic E-state index is -4.43. The van der Waals surface area contributed by atoms with Crippen LogP contribution in [0.2, 0.25) is 0 Å². The van der Waals surface area contributed by atoms with Gasteiger partial charge in [0, 0.05) is 43.4 Å². The number of nitrogens with one attached hydrogen (secondary N) is 1. The van der Waals surface area contributed by atoms with Crippen molar-refractivity contribution in [1.82, 2.24) is 10.2 Å². The van der Waals surface area contributed by atoms with Crippen molar-refractivity contribution >= 4 is 5.71 Å². The molecular formula is C15H18F3N3O2. The fraction of sp³-hybridized carbons (Fsp3) is 0.533. The lowest BCUT2D eigenvalue weighted by atomic mass is 9.96. The lowest BCUT2D eigenvalue weighted by Crippen LogP contribution is -2.62. The summed E-state index contributed by atoms with van der Waals surface area (Å²) >= 11 is 0. The van der Waals surface area contributed by atoms with E-state index in [0.717, 1.165) is 0 Å². The molecule has 1 atom stereocenters. The summed E-state index contributed by atoms with van der Waals surface area (Å²) in [6.45, 7) is 1.10. The van der Waals surface area contributed by atoms with Crippen molar-refractivity contribution in [2.24, 2.45) is 4.99 Å². The number of nitrogens with zero attached hydrogens (tertiary/aromatic N) is 2. The van der Waals surface area contributed by atoms with E-state index in [1.54, 1.807) is 12.1 Å². The molecule has 1 saturated heterocycles. The Morgan fingerprint density at radius 1 is 1.35 bits per heavy atom. The van der Waals surface area contributed by atoms with Crippen LogP contribution in [0.15, 0.2) is 23.2 Å². The summed E-state index contributed by atoms with van der Waals surface area (Å²) < 4.78 is 46.2. The van der Waals surface area contributed by atoms with Gasteiger partial charge in [0.1, 0.15) is 11.5 Å². The van der Waals surface area contributed by atoms with E-state index in [1.807, 2.05) is 0 Å². The zero-order chi connectivity index (χ0) is 16.7. The number of hydrogen-bond donors (Lipinski definition) is 2. The van der Waals surface area contributed by atoms with Gasteiger partial charge in [-0.1, -0.05) is 0 Å². The van der Waals surface area contributed by atoms with Gasteiger partial charge in [0.2, 0.25) is 0 Å². The fourth-order valence-electron chi connectivity index (χ4n) is 3.22. The smallest absolute Gasteiger partial charge is 0.420 e. The number of aliphatic imine (C=N–C) groups is 1. The molecule has 0 amide bonds. The van der Waals surface area contributed by atoms with Crippen LogP contribution in [0.4, 0.5) is 13.2 Å². The number of phenols is 1. The van der Waals surface area contributed by atoms with E-state index in [9.17, 15) is 18.3 Å². The Kier molecular flexibility index (Phi) is 3.97. The van der Waals surface area contributed by atoms with E-state index in [2.05, 4.69) is 10.3 Å². The largest absolute Gasteiger partial charge is 0.507 e. The van der Waals surface area contributed by atoms with Crippen molar-refractivity contribution in [1.29, 1.82) is 0 Å². The first-order chi connectivity index (χ1) is 10.9. The summed E-state index contributed by atoms with van der Waals surface area (Å²) in [4.78, 5) is 5.68. The zero-order valence-corrected chi connectivity index (χ0v) is 12.7. The molecule has 2 aliphatic rings. The topological polar surface area (TPSA) is 57.1 Å². The minimum Gasteiger partial charge on any atom is -0.507 e. The summed E-state index contributed by atoms with van der Waals surface area (Å²) in [5.41, 5.74) is -1.56. The molecule has 0 aliphatic carbocycles. The van der Waals surface area contributed by atoms with Gasteiger partial charge < -0.3 is 9.84 Å². The molecule has 0 spiro atoms. The van der Waals surface area contributed by atoms with Crippen molar-refractivity contribution in [2.45, 2.75) is 18.3 Å². The highest BCUT2D eigenvalue weighted by Gasteiger charge is 2.61. The monoisotopic (exact) mass is 329 g/mol. The maximum absolute atomic E-state index is 13.7. The molecule has 2 N–H and O–H groups in total. The zero-order valence-electron chi connectivity index (χ0n) is 12.7. The van der Waals surface area contributed by atoms with Crippen molar-refractivity contribution in [2.75, 3.05) is 33.3 Å². The Labute approximate surface area is 131 Å². The highest BCUT2D eigenvalue weighted by Crippen LogP contribution is 2.41. The van der Waals surface area contributed by atoms with Gasteiger partial charge in [0.05, 0.1) is 13.7 Å². The third kappa shape index (κ3) is 2.66. The fourth-order valence-corrected chi connectivity index (χ4v) is 3.22. The van der Waals surface area contributed by atoms with Crippen molar-refractivity contribution in [3.8, 4) is 11.5 Å². The Morgan fingerprint density at radius 3 is 2.78 bits per heavy atom. The Hall–Kier alpha value is -1.80. The molecule has 0 saturated carbocycles. The number of fused-ring (bicyclic) bond motifs is 1. The number of alkyl halides is 3. The second kappa shape index (κ2) is 5.68. The highest BCUT2D eigenvalue weighted by atomic mass is 19.4. The van der Waals surface area contributed by atoms with Gasteiger partial charge in [-0.2, -0.15) is 13.2 Å². The first kappa shape index (κ1) is 16.1. The van der Waals surface area contributed by atoms with Gasteiger partial charge >= 0.3 is 6.18 Å². The predicted molar refractivity (Wildman–Crippen MR) is 79.0 cm³/mol. The van der Waals surface area contributed by atoms with Crippen molar-refractivity contribution in [3.05, 3.63) is 23.8 Å². The van der Waals surface area contributed by atoms with Crippen molar-refractivity contribution < 1.29 is 23.0 Å². The minimum absolute atomic E-state index is 0.133. The number of benzene rings is 1. The average Bonchev–Trinajstić information content (AvgIpc) is 2.81. The Morgan fingerprint density at radius 2 is 2.13 bits per heavy atom. The summed E-state index contributed by atoms with van der Waals surface area (Å²) in [6, 6.07) is 4.52. The number of halogens is 3. The Balaban J connectivity index is 1.99. The number of ether oxygens (including phenoxy) is 1. The summed E-state index contributed by atoms with van der Waals surface area (Å²) in [7, 11) is 1.45. The number of phenolic OH excluding ortho intramolecular Hbond substituents is 1. The number of hydrogen-bond acceptors (Lipinski definition) is 5. The van der Waals surface area contributed by atoms with E-state index >= 15 is 0 Å². The summed E-state index contributed by atoms with van der Waals surface area (Å²) in [5, 5.41) is 12.7. The van der Waals surface area contributed by atoms with Crippen LogP contribution >= 0.6 is 0 Å². The van der Waals surface area contributed by atoms with Crippen LogP contribution in [0.25, 0.3) is 0 Å². The van der Waals surface area contributed by atoms with E-state index < -0.39 is 11.8 Å². The third-order valence-corrected chi connectivity index (χ3v) is 4.42. The van der Waals surface area contributed by atoms with Crippen LogP contribution in [0.3, 0.4) is 0 Å². The molecule has 2 heterocycles. The molecule has 23 heavy (non-hydrogen) atoms. The first-order valence-electron chi connectivity index (χ1n) is 7.35. The molecule has 1 fully saturated rings. The molecule has 1 aromatic rings. The van der Waals surface area contributed by atoms with Gasteiger partial charge in [-0.15, -0.1) is 0 Å². The molecule has 8 heteroatoms. The highest BCUT2D eigenvalue weighted by molar-refractivity contribution is 6.03. The van der Waals surface area contributed by atoms with Gasteiger partial charge in [-0.3, -0.25) is 15.2 Å². The average molecular weight is 329 g/mol. The Bertz CT molecular complexity index is 633. The van der Waals surface area contributed by atoms with E-state index in [1.165, 1.54) is 18.1 Å². The molecule has 0 aromatic heterocycles. The van der Waals surface area contributed by atoms with Crippen molar-refractivity contribution in [3.63, 3.8) is 0 Å². The number of rotatable bonds is 2. The van der Waals surface area contributed by atoms with Gasteiger partial charge in [0.15, 0.2) is 5.66 Å². The second-order valence-corrected chi connectivity index (χ2v) is 5.66. The van der Waals surface area contributed by atoms with E-state index in [4.69, 9.17) is 4.74 Å². The van der Waals surface area contributed by atoms with Crippen LogP contribution in [0.5, 0.6) is 11.5 Å². The van der Waals surface area contributed by atoms with Crippen LogP contribution < -0.4 is 10.1 Å². The molecule has 1 aromatic carbocycles. The quantitative estimate of drug-likeness (QED) is 0.868. The molecule has 2 aliphatic heterocycles. The summed E-state index contributed by atoms with van der Waals surface area (Å²) in [5.74, 6) is 0.304. The summed E-state index contributed by atoms with van der Waals surface area (Å²) in [6.07, 6.45) is -4.77. The molecule has 5 nitrogen and oxygen atoms in total. The van der Waals surface area contributed by atoms with E-state index in [-0.39, 0.29) is 37.5 Å². The van der Waals surface area contributed by atoms with Crippen LogP contribution in [0.1, 0.15) is 12.0 Å².